The Balaban J connectivity index is 0.000000815. The lowest BCUT2D eigenvalue weighted by molar-refractivity contribution is -0.146. The van der Waals surface area contributed by atoms with Crippen LogP contribution in [-0.2, 0) is 23.3 Å². The monoisotopic (exact) mass is 559 g/mol. The topological polar surface area (TPSA) is 137 Å². The second-order valence-electron chi connectivity index (χ2n) is 8.80. The lowest BCUT2D eigenvalue weighted by atomic mass is 10.1. The van der Waals surface area contributed by atoms with Crippen LogP contribution in [0.4, 0.5) is 0 Å². The van der Waals surface area contributed by atoms with Gasteiger partial charge in [0, 0.05) is 13.2 Å². The number of carbonyl (C=O) groups is 1. The molecule has 0 saturated heterocycles. The summed E-state index contributed by atoms with van der Waals surface area (Å²) in [5, 5.41) is 17.9. The first kappa shape index (κ1) is 31.5. The fourth-order valence-corrected chi connectivity index (χ4v) is 5.07. The van der Waals surface area contributed by atoms with Crippen molar-refractivity contribution in [3.05, 3.63) is 68.7 Å². The predicted octanol–water partition coefficient (Wildman–Crippen LogP) is 4.67. The van der Waals surface area contributed by atoms with Crippen molar-refractivity contribution in [2.75, 3.05) is 13.7 Å². The smallest absolute Gasteiger partial charge is 0.333 e. The Morgan fingerprint density at radius 3 is 2.38 bits per heavy atom. The molecule has 2 N–H and O–H groups in total. The van der Waals surface area contributed by atoms with Gasteiger partial charge in [0.2, 0.25) is 5.89 Å². The molecule has 11 heteroatoms. The number of aliphatic hydroxyl groups excluding tert-OH is 1. The van der Waals surface area contributed by atoms with Crippen LogP contribution in [0.2, 0.25) is 0 Å². The summed E-state index contributed by atoms with van der Waals surface area (Å²) in [6, 6.07) is 7.46. The number of aromatic nitrogens is 3. The van der Waals surface area contributed by atoms with E-state index in [2.05, 4.69) is 4.98 Å². The molecule has 0 unspecified atom stereocenters. The molecule has 0 aliphatic rings. The number of nitrogens with zero attached hydrogens (tertiary/aromatic N) is 3. The van der Waals surface area contributed by atoms with E-state index in [0.29, 0.717) is 39.9 Å². The van der Waals surface area contributed by atoms with Crippen LogP contribution < -0.4 is 16.0 Å². The standard InChI is InChI=1S/C23H23N3O6S.C3H8O.C2H6/c1-13-16-19(27)26(23(2,3)21(28)29)22(30)25(11-9-14-7-5-6-8-15(14)31-4)20(16)33-17(13)18-24-10-12-32-18;1-2-3-4;1-2/h5-8,10,12H,9,11H2,1-4H3,(H,28,29);4H,2-3H2,1H3;1-2H3. The minimum absolute atomic E-state index is 0.219. The van der Waals surface area contributed by atoms with Crippen LogP contribution in [-0.4, -0.2) is 44.0 Å². The van der Waals surface area contributed by atoms with Gasteiger partial charge >= 0.3 is 11.7 Å². The van der Waals surface area contributed by atoms with E-state index in [4.69, 9.17) is 14.3 Å². The minimum atomic E-state index is -1.74. The zero-order chi connectivity index (χ0) is 29.3. The summed E-state index contributed by atoms with van der Waals surface area (Å²) in [5.41, 5.74) is -1.61. The molecule has 10 nitrogen and oxygen atoms in total. The number of rotatable bonds is 8. The number of hydrogen-bond donors (Lipinski definition) is 2. The Kier molecular flexibility index (Phi) is 11.2. The number of para-hydroxylation sites is 1. The van der Waals surface area contributed by atoms with E-state index < -0.39 is 22.8 Å². The average molecular weight is 560 g/mol. The summed E-state index contributed by atoms with van der Waals surface area (Å²) >= 11 is 1.22. The molecule has 0 aliphatic heterocycles. The second kappa shape index (κ2) is 13.9. The van der Waals surface area contributed by atoms with Gasteiger partial charge in [-0.15, -0.1) is 11.3 Å². The number of aliphatic carboxylic acids is 1. The first-order valence-corrected chi connectivity index (χ1v) is 13.6. The Morgan fingerprint density at radius 1 is 1.21 bits per heavy atom. The quantitative estimate of drug-likeness (QED) is 0.318. The first-order chi connectivity index (χ1) is 18.6. The van der Waals surface area contributed by atoms with Gasteiger partial charge in [-0.2, -0.15) is 0 Å². The van der Waals surface area contributed by atoms with Crippen LogP contribution >= 0.6 is 11.3 Å². The SMILES string of the molecule is CC.CCCO.COc1ccccc1CCn1c(=O)n(C(C)(C)C(=O)O)c(=O)c2c(C)c(-c3ncco3)sc21. The van der Waals surface area contributed by atoms with E-state index in [1.54, 1.807) is 14.0 Å². The number of fused-ring (bicyclic) bond motifs is 1. The van der Waals surface area contributed by atoms with E-state index in [1.807, 2.05) is 45.0 Å². The molecule has 3 heterocycles. The molecule has 212 valence electrons. The van der Waals surface area contributed by atoms with Crippen LogP contribution in [0.5, 0.6) is 5.75 Å². The molecule has 0 radical (unpaired) electrons. The van der Waals surface area contributed by atoms with Crippen LogP contribution in [0, 0.1) is 6.92 Å². The molecular weight excluding hydrogens is 522 g/mol. The molecule has 0 fully saturated rings. The Labute approximate surface area is 231 Å². The van der Waals surface area contributed by atoms with Crippen molar-refractivity contribution in [2.24, 2.45) is 0 Å². The molecule has 4 rings (SSSR count). The average Bonchev–Trinajstić information content (AvgIpc) is 3.58. The molecule has 0 spiro atoms. The fourth-order valence-electron chi connectivity index (χ4n) is 3.81. The third-order valence-corrected chi connectivity index (χ3v) is 7.25. The highest BCUT2D eigenvalue weighted by molar-refractivity contribution is 7.22. The zero-order valence-electron chi connectivity index (χ0n) is 23.5. The third kappa shape index (κ3) is 6.48. The van der Waals surface area contributed by atoms with Gasteiger partial charge < -0.3 is 19.4 Å². The maximum Gasteiger partial charge on any atom is 0.333 e. The molecule has 0 atom stereocenters. The van der Waals surface area contributed by atoms with Crippen LogP contribution in [0.15, 0.2) is 50.7 Å². The van der Waals surface area contributed by atoms with Crippen LogP contribution in [0.1, 0.15) is 52.2 Å². The normalized spacial score (nSPS) is 10.9. The number of aliphatic hydroxyl groups is 1. The van der Waals surface area contributed by atoms with Crippen molar-refractivity contribution < 1.29 is 24.2 Å². The minimum Gasteiger partial charge on any atom is -0.496 e. The number of ether oxygens (including phenoxy) is 1. The number of carboxylic acid groups (broad SMARTS) is 1. The van der Waals surface area contributed by atoms with Crippen molar-refractivity contribution in [1.82, 2.24) is 14.1 Å². The summed E-state index contributed by atoms with van der Waals surface area (Å²) in [4.78, 5) is 44.2. The summed E-state index contributed by atoms with van der Waals surface area (Å²) in [7, 11) is 1.57. The summed E-state index contributed by atoms with van der Waals surface area (Å²) in [6.07, 6.45) is 4.25. The third-order valence-electron chi connectivity index (χ3n) is 5.94. The molecular formula is C28H37N3O7S. The van der Waals surface area contributed by atoms with Crippen molar-refractivity contribution in [3.63, 3.8) is 0 Å². The van der Waals surface area contributed by atoms with E-state index in [1.165, 1.54) is 42.2 Å². The van der Waals surface area contributed by atoms with Gasteiger partial charge in [0.05, 0.1) is 23.6 Å². The Bertz CT molecular complexity index is 1500. The summed E-state index contributed by atoms with van der Waals surface area (Å²) in [6.45, 7) is 10.9. The maximum absolute atomic E-state index is 13.5. The van der Waals surface area contributed by atoms with E-state index in [-0.39, 0.29) is 11.9 Å². The first-order valence-electron chi connectivity index (χ1n) is 12.8. The van der Waals surface area contributed by atoms with Gasteiger partial charge in [0.25, 0.3) is 5.56 Å². The van der Waals surface area contributed by atoms with Crippen molar-refractivity contribution in [3.8, 4) is 16.5 Å². The summed E-state index contributed by atoms with van der Waals surface area (Å²) < 4.78 is 13.1. The molecule has 0 amide bonds. The number of carboxylic acids is 1. The van der Waals surface area contributed by atoms with Gasteiger partial charge in [0.1, 0.15) is 22.4 Å². The van der Waals surface area contributed by atoms with Crippen molar-refractivity contribution >= 4 is 27.5 Å². The fraction of sp³-hybridized carbons (Fsp3) is 0.429. The number of oxazole rings is 1. The van der Waals surface area contributed by atoms with Crippen molar-refractivity contribution in [2.45, 2.75) is 66.5 Å². The van der Waals surface area contributed by atoms with Gasteiger partial charge in [0.15, 0.2) is 0 Å². The molecule has 0 saturated carbocycles. The summed E-state index contributed by atoms with van der Waals surface area (Å²) in [5.74, 6) is -0.261. The largest absolute Gasteiger partial charge is 0.496 e. The molecule has 0 aliphatic carbocycles. The van der Waals surface area contributed by atoms with Crippen LogP contribution in [0.25, 0.3) is 21.0 Å². The van der Waals surface area contributed by atoms with Crippen LogP contribution in [0.3, 0.4) is 0 Å². The lowest BCUT2D eigenvalue weighted by Gasteiger charge is -2.23. The molecule has 0 bridgehead atoms. The van der Waals surface area contributed by atoms with Gasteiger partial charge in [-0.3, -0.25) is 9.36 Å². The van der Waals surface area contributed by atoms with Gasteiger partial charge in [-0.25, -0.2) is 19.1 Å². The number of thiophene rings is 1. The highest BCUT2D eigenvalue weighted by Gasteiger charge is 2.35. The highest BCUT2D eigenvalue weighted by atomic mass is 32.1. The Morgan fingerprint density at radius 2 is 1.85 bits per heavy atom. The molecule has 1 aromatic carbocycles. The molecule has 39 heavy (non-hydrogen) atoms. The number of methoxy groups -OCH3 is 1. The van der Waals surface area contributed by atoms with E-state index in [0.717, 1.165) is 16.6 Å². The molecule has 3 aromatic heterocycles. The van der Waals surface area contributed by atoms with Gasteiger partial charge in [-0.1, -0.05) is 39.0 Å². The van der Waals surface area contributed by atoms with E-state index >= 15 is 0 Å². The van der Waals surface area contributed by atoms with Gasteiger partial charge in [-0.05, 0) is 50.8 Å². The van der Waals surface area contributed by atoms with Crippen molar-refractivity contribution in [1.29, 1.82) is 0 Å². The lowest BCUT2D eigenvalue weighted by Crippen LogP contribution is -2.52. The molecule has 4 aromatic rings. The number of hydrogen-bond acceptors (Lipinski definition) is 8. The Hall–Kier alpha value is -3.70. The number of benzene rings is 1. The number of aryl methyl sites for hydroxylation is 3. The van der Waals surface area contributed by atoms with E-state index in [9.17, 15) is 19.5 Å². The second-order valence-corrected chi connectivity index (χ2v) is 9.80. The predicted molar refractivity (Wildman–Crippen MR) is 153 cm³/mol. The highest BCUT2D eigenvalue weighted by Crippen LogP contribution is 2.36. The zero-order valence-corrected chi connectivity index (χ0v) is 24.3. The maximum atomic E-state index is 13.5.